The van der Waals surface area contributed by atoms with Gasteiger partial charge >= 0.3 is 6.09 Å². The highest BCUT2D eigenvalue weighted by molar-refractivity contribution is 5.82. The van der Waals surface area contributed by atoms with E-state index in [1.54, 1.807) is 14.0 Å². The molecule has 0 aliphatic rings. The number of carbonyl (C=O) groups excluding carboxylic acids is 2. The summed E-state index contributed by atoms with van der Waals surface area (Å²) in [5.41, 5.74) is -0.172. The third-order valence-electron chi connectivity index (χ3n) is 2.41. The van der Waals surface area contributed by atoms with Crippen LogP contribution in [0, 0.1) is 5.41 Å². The first kappa shape index (κ1) is 17.7. The summed E-state index contributed by atoms with van der Waals surface area (Å²) in [6.45, 7) is 12.4. The van der Waals surface area contributed by atoms with Crippen molar-refractivity contribution in [3.8, 4) is 0 Å². The number of nitrogens with zero attached hydrogens (tertiary/aromatic N) is 1. The Kier molecular flexibility index (Phi) is 6.33. The maximum Gasteiger partial charge on any atom is 0.409 e. The maximum absolute atomic E-state index is 11.9. The van der Waals surface area contributed by atoms with Crippen molar-refractivity contribution in [2.75, 3.05) is 20.2 Å². The molecule has 5 nitrogen and oxygen atoms in total. The van der Waals surface area contributed by atoms with E-state index in [1.165, 1.54) is 4.90 Å². The van der Waals surface area contributed by atoms with Crippen LogP contribution in [0.2, 0.25) is 0 Å². The first-order valence-electron chi connectivity index (χ1n) is 6.66. The van der Waals surface area contributed by atoms with E-state index in [4.69, 9.17) is 4.74 Å². The summed E-state index contributed by atoms with van der Waals surface area (Å²) in [7, 11) is 1.55. The van der Waals surface area contributed by atoms with Gasteiger partial charge in [-0.1, -0.05) is 20.8 Å². The molecule has 1 N–H and O–H groups in total. The first-order chi connectivity index (χ1) is 8.47. The topological polar surface area (TPSA) is 58.6 Å². The van der Waals surface area contributed by atoms with Gasteiger partial charge in [-0.2, -0.15) is 0 Å². The van der Waals surface area contributed by atoms with Gasteiger partial charge in [0.25, 0.3) is 0 Å². The van der Waals surface area contributed by atoms with Crippen molar-refractivity contribution >= 4 is 12.0 Å². The average Bonchev–Trinajstić information content (AvgIpc) is 2.12. The van der Waals surface area contributed by atoms with Crippen LogP contribution in [-0.4, -0.2) is 42.6 Å². The lowest BCUT2D eigenvalue weighted by Crippen LogP contribution is -2.49. The van der Waals surface area contributed by atoms with Crippen LogP contribution in [0.15, 0.2) is 0 Å². The van der Waals surface area contributed by atoms with Crippen molar-refractivity contribution in [2.24, 2.45) is 5.41 Å². The van der Waals surface area contributed by atoms with Crippen LogP contribution in [0.25, 0.3) is 0 Å². The number of ether oxygens (including phenoxy) is 1. The SMILES string of the molecule is CCOC(=O)N(C)CC(=O)NC(C)(C)CC(C)(C)C. The zero-order valence-corrected chi connectivity index (χ0v) is 13.3. The molecule has 0 unspecified atom stereocenters. The largest absolute Gasteiger partial charge is 0.450 e. The van der Waals surface area contributed by atoms with Crippen LogP contribution in [0.5, 0.6) is 0 Å². The minimum atomic E-state index is -0.480. The summed E-state index contributed by atoms with van der Waals surface area (Å²) >= 11 is 0. The Labute approximate surface area is 116 Å². The monoisotopic (exact) mass is 272 g/mol. The Balaban J connectivity index is 4.34. The first-order valence-corrected chi connectivity index (χ1v) is 6.66. The molecule has 2 amide bonds. The third kappa shape index (κ3) is 8.46. The predicted octanol–water partition coefficient (Wildman–Crippen LogP) is 2.41. The van der Waals surface area contributed by atoms with E-state index < -0.39 is 6.09 Å². The highest BCUT2D eigenvalue weighted by Crippen LogP contribution is 2.26. The summed E-state index contributed by atoms with van der Waals surface area (Å²) in [4.78, 5) is 24.6. The summed E-state index contributed by atoms with van der Waals surface area (Å²) < 4.78 is 4.82. The molecule has 0 atom stereocenters. The van der Waals surface area contributed by atoms with Crippen LogP contribution in [0.3, 0.4) is 0 Å². The van der Waals surface area contributed by atoms with Gasteiger partial charge < -0.3 is 15.0 Å². The molecular weight excluding hydrogens is 244 g/mol. The minimum Gasteiger partial charge on any atom is -0.450 e. The molecule has 19 heavy (non-hydrogen) atoms. The molecule has 0 fully saturated rings. The molecule has 0 saturated heterocycles. The number of nitrogens with one attached hydrogen (secondary N) is 1. The van der Waals surface area contributed by atoms with Gasteiger partial charge in [-0.15, -0.1) is 0 Å². The molecule has 0 aromatic rings. The Hall–Kier alpha value is -1.26. The van der Waals surface area contributed by atoms with Crippen LogP contribution < -0.4 is 5.32 Å². The number of rotatable bonds is 5. The average molecular weight is 272 g/mol. The fourth-order valence-electron chi connectivity index (χ4n) is 2.30. The smallest absolute Gasteiger partial charge is 0.409 e. The van der Waals surface area contributed by atoms with E-state index in [2.05, 4.69) is 26.1 Å². The second-order valence-electron chi connectivity index (χ2n) is 6.72. The lowest BCUT2D eigenvalue weighted by Gasteiger charge is -2.33. The summed E-state index contributed by atoms with van der Waals surface area (Å²) in [5, 5.41) is 2.95. The maximum atomic E-state index is 11.9. The molecular formula is C14H28N2O3. The third-order valence-corrected chi connectivity index (χ3v) is 2.41. The van der Waals surface area contributed by atoms with Crippen molar-refractivity contribution in [2.45, 2.75) is 53.5 Å². The highest BCUT2D eigenvalue weighted by atomic mass is 16.6. The van der Waals surface area contributed by atoms with Gasteiger partial charge in [-0.05, 0) is 32.6 Å². The minimum absolute atomic E-state index is 0.00636. The number of hydrogen-bond donors (Lipinski definition) is 1. The predicted molar refractivity (Wildman–Crippen MR) is 75.9 cm³/mol. The fraction of sp³-hybridized carbons (Fsp3) is 0.857. The molecule has 0 bridgehead atoms. The van der Waals surface area contributed by atoms with Gasteiger partial charge in [-0.25, -0.2) is 4.79 Å². The lowest BCUT2D eigenvalue weighted by atomic mass is 9.82. The Bertz CT molecular complexity index is 319. The van der Waals surface area contributed by atoms with E-state index >= 15 is 0 Å². The Morgan fingerprint density at radius 2 is 1.68 bits per heavy atom. The molecule has 0 saturated carbocycles. The van der Waals surface area contributed by atoms with Crippen molar-refractivity contribution < 1.29 is 14.3 Å². The van der Waals surface area contributed by atoms with Crippen LogP contribution in [0.4, 0.5) is 4.79 Å². The normalized spacial score (nSPS) is 11.9. The van der Waals surface area contributed by atoms with Gasteiger partial charge in [0.1, 0.15) is 6.54 Å². The molecule has 0 aliphatic carbocycles. The highest BCUT2D eigenvalue weighted by Gasteiger charge is 2.27. The van der Waals surface area contributed by atoms with Crippen molar-refractivity contribution in [1.29, 1.82) is 0 Å². The van der Waals surface area contributed by atoms with Gasteiger partial charge in [-0.3, -0.25) is 4.79 Å². The Morgan fingerprint density at radius 3 is 2.11 bits per heavy atom. The van der Waals surface area contributed by atoms with Gasteiger partial charge in [0.15, 0.2) is 0 Å². The van der Waals surface area contributed by atoms with Gasteiger partial charge in [0, 0.05) is 12.6 Å². The van der Waals surface area contributed by atoms with Crippen LogP contribution in [-0.2, 0) is 9.53 Å². The van der Waals surface area contributed by atoms with E-state index in [0.717, 1.165) is 6.42 Å². The summed E-state index contributed by atoms with van der Waals surface area (Å²) in [6, 6.07) is 0. The summed E-state index contributed by atoms with van der Waals surface area (Å²) in [5.74, 6) is -0.176. The summed E-state index contributed by atoms with van der Waals surface area (Å²) in [6.07, 6.45) is 0.376. The van der Waals surface area contributed by atoms with Crippen molar-refractivity contribution in [3.63, 3.8) is 0 Å². The quantitative estimate of drug-likeness (QED) is 0.836. The molecule has 0 radical (unpaired) electrons. The molecule has 112 valence electrons. The van der Waals surface area contributed by atoms with Crippen molar-refractivity contribution in [1.82, 2.24) is 10.2 Å². The molecule has 5 heteroatoms. The second-order valence-corrected chi connectivity index (χ2v) is 6.72. The van der Waals surface area contributed by atoms with Gasteiger partial charge in [0.05, 0.1) is 6.61 Å². The Morgan fingerprint density at radius 1 is 1.16 bits per heavy atom. The zero-order valence-electron chi connectivity index (χ0n) is 13.3. The van der Waals surface area contributed by atoms with Gasteiger partial charge in [0.2, 0.25) is 5.91 Å². The molecule has 0 aromatic heterocycles. The van der Waals surface area contributed by atoms with E-state index in [1.807, 2.05) is 13.8 Å². The number of likely N-dealkylation sites (N-methyl/N-ethyl adjacent to an activating group) is 1. The van der Waals surface area contributed by atoms with E-state index in [9.17, 15) is 9.59 Å². The molecule has 0 heterocycles. The number of amides is 2. The van der Waals surface area contributed by atoms with E-state index in [-0.39, 0.29) is 23.4 Å². The molecule has 0 spiro atoms. The molecule has 0 rings (SSSR count). The molecule has 0 aliphatic heterocycles. The van der Waals surface area contributed by atoms with Crippen LogP contribution in [0.1, 0.15) is 48.0 Å². The molecule has 0 aromatic carbocycles. The fourth-order valence-corrected chi connectivity index (χ4v) is 2.30. The zero-order chi connectivity index (χ0) is 15.3. The standard InChI is InChI=1S/C14H28N2O3/c1-8-19-12(18)16(7)9-11(17)15-14(5,6)10-13(2,3)4/h8-10H2,1-7H3,(H,15,17). The number of hydrogen-bond acceptors (Lipinski definition) is 3. The van der Waals surface area contributed by atoms with Crippen molar-refractivity contribution in [3.05, 3.63) is 0 Å². The number of carbonyl (C=O) groups is 2. The van der Waals surface area contributed by atoms with Crippen LogP contribution >= 0.6 is 0 Å². The lowest BCUT2D eigenvalue weighted by molar-refractivity contribution is -0.123. The van der Waals surface area contributed by atoms with E-state index in [0.29, 0.717) is 6.61 Å². The second kappa shape index (κ2) is 6.78.